The summed E-state index contributed by atoms with van der Waals surface area (Å²) in [6, 6.07) is 71.9. The molecule has 0 radical (unpaired) electrons. The van der Waals surface area contributed by atoms with E-state index >= 15 is 0 Å². The molecule has 0 saturated heterocycles. The largest absolute Gasteiger partial charge is 0.453 e. The van der Waals surface area contributed by atoms with Crippen LogP contribution in [0.4, 0.5) is 17.1 Å². The van der Waals surface area contributed by atoms with Crippen molar-refractivity contribution in [3.63, 3.8) is 0 Å². The molecule has 0 spiro atoms. The minimum absolute atomic E-state index is 0.858. The van der Waals surface area contributed by atoms with Gasteiger partial charge in [0.25, 0.3) is 0 Å². The highest BCUT2D eigenvalue weighted by Gasteiger charge is 2.23. The van der Waals surface area contributed by atoms with E-state index < -0.39 is 0 Å². The standard InChI is InChI=1S/C52H33NOS/c1-3-14-34(15-4-1)38-32-33-47(42-19-8-7-18-41(38)42)53(37-30-28-36(29-31-37)40-22-12-25-46-43-20-9-10-27-49(43)55-52(40)46)48-26-13-24-45-44-23-11-21-39(50(44)54-51(45)48)35-16-5-2-6-17-35/h1-33H. The van der Waals surface area contributed by atoms with Gasteiger partial charge in [0, 0.05) is 47.6 Å². The van der Waals surface area contributed by atoms with E-state index in [0.29, 0.717) is 0 Å². The molecule has 3 heteroatoms. The average molecular weight is 720 g/mol. The molecule has 0 unspecified atom stereocenters. The molecule has 0 aliphatic rings. The Morgan fingerprint density at radius 1 is 0.327 bits per heavy atom. The molecule has 258 valence electrons. The molecule has 2 nitrogen and oxygen atoms in total. The molecule has 55 heavy (non-hydrogen) atoms. The molecule has 0 bridgehead atoms. The molecule has 0 aliphatic heterocycles. The third-order valence-electron chi connectivity index (χ3n) is 10.9. The number of anilines is 3. The van der Waals surface area contributed by atoms with E-state index in [1.165, 1.54) is 53.2 Å². The minimum Gasteiger partial charge on any atom is -0.453 e. The molecule has 11 rings (SSSR count). The fourth-order valence-corrected chi connectivity index (χ4v) is 9.58. The van der Waals surface area contributed by atoms with Crippen LogP contribution in [0.1, 0.15) is 0 Å². The number of rotatable bonds is 6. The lowest BCUT2D eigenvalue weighted by atomic mass is 9.96. The summed E-state index contributed by atoms with van der Waals surface area (Å²) in [6.45, 7) is 0. The SMILES string of the molecule is c1ccc(-c2ccc(N(c3ccc(-c4cccc5c4sc4ccccc45)cc3)c3cccc4c3oc3c(-c5ccccc5)cccc34)c3ccccc23)cc1. The van der Waals surface area contributed by atoms with Crippen molar-refractivity contribution in [2.75, 3.05) is 4.90 Å². The van der Waals surface area contributed by atoms with Crippen molar-refractivity contribution >= 4 is 81.3 Å². The molecule has 11 aromatic rings. The van der Waals surface area contributed by atoms with Crippen LogP contribution in [0.3, 0.4) is 0 Å². The fraction of sp³-hybridized carbons (Fsp3) is 0. The Morgan fingerprint density at radius 2 is 0.891 bits per heavy atom. The summed E-state index contributed by atoms with van der Waals surface area (Å²) >= 11 is 1.87. The Labute approximate surface area is 322 Å². The molecule has 2 aromatic heterocycles. The number of benzene rings is 9. The lowest BCUT2D eigenvalue weighted by Crippen LogP contribution is -2.11. The van der Waals surface area contributed by atoms with Crippen LogP contribution in [0.15, 0.2) is 205 Å². The van der Waals surface area contributed by atoms with Crippen LogP contribution in [0.5, 0.6) is 0 Å². The first-order valence-electron chi connectivity index (χ1n) is 18.7. The van der Waals surface area contributed by atoms with Crippen LogP contribution >= 0.6 is 11.3 Å². The first-order valence-corrected chi connectivity index (χ1v) is 19.5. The summed E-state index contributed by atoms with van der Waals surface area (Å²) in [5.41, 5.74) is 12.0. The molecule has 2 heterocycles. The summed E-state index contributed by atoms with van der Waals surface area (Å²) in [4.78, 5) is 2.38. The summed E-state index contributed by atoms with van der Waals surface area (Å²) < 4.78 is 9.66. The zero-order chi connectivity index (χ0) is 36.3. The van der Waals surface area contributed by atoms with E-state index in [4.69, 9.17) is 4.42 Å². The van der Waals surface area contributed by atoms with Gasteiger partial charge in [0.1, 0.15) is 5.58 Å². The van der Waals surface area contributed by atoms with Gasteiger partial charge >= 0.3 is 0 Å². The number of fused-ring (bicyclic) bond motifs is 7. The highest BCUT2D eigenvalue weighted by atomic mass is 32.1. The lowest BCUT2D eigenvalue weighted by Gasteiger charge is -2.27. The van der Waals surface area contributed by atoms with Crippen LogP contribution in [-0.4, -0.2) is 0 Å². The van der Waals surface area contributed by atoms with E-state index in [9.17, 15) is 0 Å². The van der Waals surface area contributed by atoms with Gasteiger partial charge in [0.2, 0.25) is 0 Å². The van der Waals surface area contributed by atoms with Crippen LogP contribution in [0.25, 0.3) is 86.3 Å². The molecule has 0 N–H and O–H groups in total. The maximum absolute atomic E-state index is 7.03. The van der Waals surface area contributed by atoms with Gasteiger partial charge in [-0.1, -0.05) is 170 Å². The maximum atomic E-state index is 7.03. The molecule has 0 atom stereocenters. The Morgan fingerprint density at radius 3 is 1.65 bits per heavy atom. The van der Waals surface area contributed by atoms with Gasteiger partial charge in [-0.25, -0.2) is 0 Å². The van der Waals surface area contributed by atoms with Crippen molar-refractivity contribution in [1.82, 2.24) is 0 Å². The van der Waals surface area contributed by atoms with Crippen LogP contribution in [0, 0.1) is 0 Å². The number of nitrogens with zero attached hydrogens (tertiary/aromatic N) is 1. The second-order valence-corrected chi connectivity index (χ2v) is 15.1. The number of hydrogen-bond acceptors (Lipinski definition) is 3. The third kappa shape index (κ3) is 5.16. The van der Waals surface area contributed by atoms with E-state index in [0.717, 1.165) is 50.1 Å². The number of hydrogen-bond donors (Lipinski definition) is 0. The molecular weight excluding hydrogens is 687 g/mol. The average Bonchev–Trinajstić information content (AvgIpc) is 3.84. The van der Waals surface area contributed by atoms with Crippen molar-refractivity contribution in [2.45, 2.75) is 0 Å². The van der Waals surface area contributed by atoms with Gasteiger partial charge < -0.3 is 9.32 Å². The second kappa shape index (κ2) is 12.9. The second-order valence-electron chi connectivity index (χ2n) is 14.0. The molecular formula is C52H33NOS. The molecule has 9 aromatic carbocycles. The number of para-hydroxylation sites is 2. The quantitative estimate of drug-likeness (QED) is 0.170. The first-order chi connectivity index (χ1) is 27.3. The van der Waals surface area contributed by atoms with Crippen molar-refractivity contribution in [2.24, 2.45) is 0 Å². The Hall–Kier alpha value is -6.94. The van der Waals surface area contributed by atoms with Crippen molar-refractivity contribution in [1.29, 1.82) is 0 Å². The van der Waals surface area contributed by atoms with Gasteiger partial charge in [-0.2, -0.15) is 0 Å². The number of thiophene rings is 1. The highest BCUT2D eigenvalue weighted by molar-refractivity contribution is 7.26. The van der Waals surface area contributed by atoms with Crippen LogP contribution < -0.4 is 4.90 Å². The number of furan rings is 1. The minimum atomic E-state index is 0.858. The van der Waals surface area contributed by atoms with Gasteiger partial charge in [0.05, 0.1) is 11.4 Å². The van der Waals surface area contributed by atoms with E-state index in [1.807, 2.05) is 11.3 Å². The Bertz CT molecular complexity index is 3190. The molecule has 0 saturated carbocycles. The highest BCUT2D eigenvalue weighted by Crippen LogP contribution is 2.47. The van der Waals surface area contributed by atoms with Crippen molar-refractivity contribution in [3.8, 4) is 33.4 Å². The van der Waals surface area contributed by atoms with Gasteiger partial charge in [-0.05, 0) is 63.5 Å². The van der Waals surface area contributed by atoms with Crippen LogP contribution in [0.2, 0.25) is 0 Å². The third-order valence-corrected chi connectivity index (χ3v) is 12.1. The predicted molar refractivity (Wildman–Crippen MR) is 235 cm³/mol. The normalized spacial score (nSPS) is 11.6. The summed E-state index contributed by atoms with van der Waals surface area (Å²) in [6.07, 6.45) is 0. The zero-order valence-corrected chi connectivity index (χ0v) is 30.6. The molecule has 0 amide bonds. The van der Waals surface area contributed by atoms with Gasteiger partial charge in [-0.3, -0.25) is 0 Å². The van der Waals surface area contributed by atoms with E-state index in [-0.39, 0.29) is 0 Å². The van der Waals surface area contributed by atoms with Crippen molar-refractivity contribution < 1.29 is 4.42 Å². The smallest absolute Gasteiger partial charge is 0.159 e. The lowest BCUT2D eigenvalue weighted by molar-refractivity contribution is 0.670. The topological polar surface area (TPSA) is 16.4 Å². The summed E-state index contributed by atoms with van der Waals surface area (Å²) in [5.74, 6) is 0. The summed E-state index contributed by atoms with van der Waals surface area (Å²) in [7, 11) is 0. The first kappa shape index (κ1) is 31.6. The Kier molecular flexibility index (Phi) is 7.39. The van der Waals surface area contributed by atoms with Gasteiger partial charge in [-0.15, -0.1) is 11.3 Å². The fourth-order valence-electron chi connectivity index (χ4n) is 8.35. The Balaban J connectivity index is 1.14. The molecule has 0 fully saturated rings. The monoisotopic (exact) mass is 719 g/mol. The zero-order valence-electron chi connectivity index (χ0n) is 29.8. The van der Waals surface area contributed by atoms with Crippen LogP contribution in [-0.2, 0) is 0 Å². The maximum Gasteiger partial charge on any atom is 0.159 e. The molecule has 0 aliphatic carbocycles. The van der Waals surface area contributed by atoms with Gasteiger partial charge in [0.15, 0.2) is 5.58 Å². The van der Waals surface area contributed by atoms with E-state index in [1.54, 1.807) is 0 Å². The predicted octanol–water partition coefficient (Wildman–Crippen LogP) is 15.6. The summed E-state index contributed by atoms with van der Waals surface area (Å²) in [5, 5.41) is 7.18. The van der Waals surface area contributed by atoms with E-state index in [2.05, 4.69) is 205 Å². The van der Waals surface area contributed by atoms with Crippen molar-refractivity contribution in [3.05, 3.63) is 200 Å².